The molecule has 1 aliphatic rings. The molecule has 0 aromatic rings. The maximum Gasteiger partial charge on any atom is 0.303 e. The van der Waals surface area contributed by atoms with Crippen LogP contribution in [0.3, 0.4) is 0 Å². The number of nitrogens with zero attached hydrogens (tertiary/aromatic N) is 1. The molecule has 6 heteroatoms. The summed E-state index contributed by atoms with van der Waals surface area (Å²) in [7, 11) is 0. The summed E-state index contributed by atoms with van der Waals surface area (Å²) in [5.74, 6) is -3.76. The van der Waals surface area contributed by atoms with E-state index in [1.165, 1.54) is 0 Å². The number of carboxylic acid groups (broad SMARTS) is 1. The van der Waals surface area contributed by atoms with Crippen LogP contribution < -0.4 is 0 Å². The molecular formula is C7H10ClF2NO2. The molecule has 13 heavy (non-hydrogen) atoms. The molecule has 0 spiro atoms. The van der Waals surface area contributed by atoms with Crippen molar-refractivity contribution < 1.29 is 18.7 Å². The Hall–Kier alpha value is -0.420. The van der Waals surface area contributed by atoms with Crippen LogP contribution in [0.15, 0.2) is 0 Å². The summed E-state index contributed by atoms with van der Waals surface area (Å²) in [4.78, 5) is 10.2. The summed E-state index contributed by atoms with van der Waals surface area (Å²) >= 11 is 5.51. The molecule has 0 aliphatic carbocycles. The molecule has 1 atom stereocenters. The Morgan fingerprint density at radius 3 is 2.69 bits per heavy atom. The van der Waals surface area contributed by atoms with Crippen LogP contribution in [-0.4, -0.2) is 34.0 Å². The Bertz CT molecular complexity index is 213. The van der Waals surface area contributed by atoms with Gasteiger partial charge < -0.3 is 5.11 Å². The van der Waals surface area contributed by atoms with Gasteiger partial charge in [-0.1, -0.05) is 0 Å². The van der Waals surface area contributed by atoms with E-state index in [1.54, 1.807) is 0 Å². The number of hydrogen-bond donors (Lipinski definition) is 1. The molecular weight excluding hydrogens is 204 g/mol. The lowest BCUT2D eigenvalue weighted by atomic mass is 10.1. The standard InChI is InChI=1S/C7H10ClF2NO2/c8-11-4-7(9,10)3-5(11)1-2-6(12)13/h5H,1-4H2,(H,12,13)/t5-/m0/s1. The fourth-order valence-corrected chi connectivity index (χ4v) is 1.73. The van der Waals surface area contributed by atoms with E-state index in [0.717, 1.165) is 4.42 Å². The minimum Gasteiger partial charge on any atom is -0.481 e. The highest BCUT2D eigenvalue weighted by molar-refractivity contribution is 6.13. The highest BCUT2D eigenvalue weighted by Gasteiger charge is 2.44. The fourth-order valence-electron chi connectivity index (χ4n) is 1.39. The third kappa shape index (κ3) is 3.08. The first-order chi connectivity index (χ1) is 5.91. The molecule has 0 bridgehead atoms. The largest absolute Gasteiger partial charge is 0.481 e. The molecule has 1 saturated heterocycles. The summed E-state index contributed by atoms with van der Waals surface area (Å²) in [5.41, 5.74) is 0. The van der Waals surface area contributed by atoms with Crippen molar-refractivity contribution >= 4 is 17.7 Å². The van der Waals surface area contributed by atoms with Gasteiger partial charge in [0.1, 0.15) is 0 Å². The first kappa shape index (κ1) is 10.7. The van der Waals surface area contributed by atoms with E-state index in [9.17, 15) is 13.6 Å². The van der Waals surface area contributed by atoms with Crippen LogP contribution in [0, 0.1) is 0 Å². The average Bonchev–Trinajstić information content (AvgIpc) is 2.20. The molecule has 1 rings (SSSR count). The van der Waals surface area contributed by atoms with Gasteiger partial charge in [-0.2, -0.15) is 0 Å². The van der Waals surface area contributed by atoms with Crippen molar-refractivity contribution in [1.82, 2.24) is 4.42 Å². The molecule has 0 radical (unpaired) electrons. The van der Waals surface area contributed by atoms with Gasteiger partial charge in [-0.25, -0.2) is 13.2 Å². The van der Waals surface area contributed by atoms with Gasteiger partial charge in [0.15, 0.2) is 0 Å². The van der Waals surface area contributed by atoms with Crippen LogP contribution in [0.1, 0.15) is 19.3 Å². The zero-order valence-corrected chi connectivity index (χ0v) is 7.60. The Kier molecular flexibility index (Phi) is 3.08. The quantitative estimate of drug-likeness (QED) is 0.726. The van der Waals surface area contributed by atoms with Crippen LogP contribution in [0.25, 0.3) is 0 Å². The monoisotopic (exact) mass is 213 g/mol. The molecule has 3 nitrogen and oxygen atoms in total. The van der Waals surface area contributed by atoms with Crippen molar-refractivity contribution in [2.24, 2.45) is 0 Å². The molecule has 0 saturated carbocycles. The third-order valence-corrected chi connectivity index (χ3v) is 2.40. The summed E-state index contributed by atoms with van der Waals surface area (Å²) in [5, 5.41) is 8.34. The number of aliphatic carboxylic acids is 1. The maximum absolute atomic E-state index is 12.7. The number of rotatable bonds is 3. The number of hydrogen-bond acceptors (Lipinski definition) is 2. The lowest BCUT2D eigenvalue weighted by Gasteiger charge is -2.13. The number of alkyl halides is 2. The van der Waals surface area contributed by atoms with Gasteiger partial charge in [-0.3, -0.25) is 4.79 Å². The lowest BCUT2D eigenvalue weighted by molar-refractivity contribution is -0.137. The fraction of sp³-hybridized carbons (Fsp3) is 0.857. The lowest BCUT2D eigenvalue weighted by Crippen LogP contribution is -2.21. The average molecular weight is 214 g/mol. The number of carbonyl (C=O) groups is 1. The topological polar surface area (TPSA) is 40.5 Å². The van der Waals surface area contributed by atoms with Gasteiger partial charge in [-0.05, 0) is 18.2 Å². The van der Waals surface area contributed by atoms with Crippen molar-refractivity contribution in [3.63, 3.8) is 0 Å². The maximum atomic E-state index is 12.7. The van der Waals surface area contributed by atoms with Gasteiger partial charge in [0.25, 0.3) is 5.92 Å². The molecule has 0 unspecified atom stereocenters. The molecule has 1 heterocycles. The Labute approximate surface area is 79.4 Å². The minimum atomic E-state index is -2.77. The van der Waals surface area contributed by atoms with Crippen LogP contribution in [0.2, 0.25) is 0 Å². The molecule has 76 valence electrons. The second-order valence-corrected chi connectivity index (χ2v) is 3.64. The van der Waals surface area contributed by atoms with Crippen molar-refractivity contribution in [1.29, 1.82) is 0 Å². The van der Waals surface area contributed by atoms with E-state index in [2.05, 4.69) is 0 Å². The van der Waals surface area contributed by atoms with Crippen molar-refractivity contribution in [3.05, 3.63) is 0 Å². The van der Waals surface area contributed by atoms with E-state index in [-0.39, 0.29) is 19.3 Å². The SMILES string of the molecule is O=C(O)CC[C@H]1CC(F)(F)CN1Cl. The minimum absolute atomic E-state index is 0.121. The molecule has 0 aromatic heterocycles. The Balaban J connectivity index is 2.39. The van der Waals surface area contributed by atoms with Gasteiger partial charge >= 0.3 is 5.97 Å². The Morgan fingerprint density at radius 2 is 2.31 bits per heavy atom. The molecule has 1 N–H and O–H groups in total. The second kappa shape index (κ2) is 3.75. The van der Waals surface area contributed by atoms with E-state index in [0.29, 0.717) is 0 Å². The van der Waals surface area contributed by atoms with Crippen LogP contribution in [-0.2, 0) is 4.79 Å². The summed E-state index contributed by atoms with van der Waals surface area (Å²) in [6.45, 7) is -0.487. The zero-order valence-electron chi connectivity index (χ0n) is 6.84. The van der Waals surface area contributed by atoms with Gasteiger partial charge in [0, 0.05) is 18.9 Å². The predicted octanol–water partition coefficient (Wildman–Crippen LogP) is 1.71. The van der Waals surface area contributed by atoms with Gasteiger partial charge in [-0.15, -0.1) is 0 Å². The number of halogens is 3. The predicted molar refractivity (Wildman–Crippen MR) is 42.8 cm³/mol. The van der Waals surface area contributed by atoms with Crippen LogP contribution in [0.4, 0.5) is 8.78 Å². The van der Waals surface area contributed by atoms with Gasteiger partial charge in [0.05, 0.1) is 6.54 Å². The van der Waals surface area contributed by atoms with E-state index >= 15 is 0 Å². The second-order valence-electron chi connectivity index (χ2n) is 3.20. The number of carboxylic acids is 1. The van der Waals surface area contributed by atoms with Crippen LogP contribution in [0.5, 0.6) is 0 Å². The van der Waals surface area contributed by atoms with Crippen LogP contribution >= 0.6 is 11.8 Å². The first-order valence-electron chi connectivity index (χ1n) is 3.93. The molecule has 1 fully saturated rings. The van der Waals surface area contributed by atoms with Crippen molar-refractivity contribution in [2.75, 3.05) is 6.54 Å². The molecule has 0 aromatic carbocycles. The third-order valence-electron chi connectivity index (χ3n) is 2.00. The first-order valence-corrected chi connectivity index (χ1v) is 4.26. The van der Waals surface area contributed by atoms with Gasteiger partial charge in [0.2, 0.25) is 0 Å². The van der Waals surface area contributed by atoms with E-state index < -0.39 is 24.5 Å². The normalized spacial score (nSPS) is 27.8. The van der Waals surface area contributed by atoms with E-state index in [1.807, 2.05) is 0 Å². The van der Waals surface area contributed by atoms with E-state index in [4.69, 9.17) is 16.9 Å². The highest BCUT2D eigenvalue weighted by Crippen LogP contribution is 2.34. The molecule has 0 amide bonds. The highest BCUT2D eigenvalue weighted by atomic mass is 35.5. The summed E-state index contributed by atoms with van der Waals surface area (Å²) in [6.07, 6.45) is -0.290. The summed E-state index contributed by atoms with van der Waals surface area (Å²) < 4.78 is 26.4. The molecule has 1 aliphatic heterocycles. The smallest absolute Gasteiger partial charge is 0.303 e. The summed E-state index contributed by atoms with van der Waals surface area (Å²) in [6, 6.07) is -0.521. The Morgan fingerprint density at radius 1 is 1.69 bits per heavy atom. The van der Waals surface area contributed by atoms with Crippen molar-refractivity contribution in [3.8, 4) is 0 Å². The van der Waals surface area contributed by atoms with Crippen molar-refractivity contribution in [2.45, 2.75) is 31.2 Å². The zero-order chi connectivity index (χ0) is 10.1.